The van der Waals surface area contributed by atoms with E-state index in [-0.39, 0.29) is 0 Å². The van der Waals surface area contributed by atoms with Crippen molar-refractivity contribution in [3.05, 3.63) is 36.4 Å². The topological polar surface area (TPSA) is 47.6 Å². The largest absolute Gasteiger partial charge is 0.465 e. The van der Waals surface area contributed by atoms with Gasteiger partial charge >= 0.3 is 5.97 Å². The van der Waals surface area contributed by atoms with Crippen LogP contribution in [0.4, 0.5) is 5.69 Å². The Bertz CT molecular complexity index is 415. The molecule has 0 fully saturated rings. The number of nitrogens with one attached hydrogen (secondary N) is 1. The number of benzene rings is 1. The van der Waals surface area contributed by atoms with Crippen molar-refractivity contribution < 1.29 is 14.3 Å². The quantitative estimate of drug-likeness (QED) is 0.349. The molecule has 0 heterocycles. The van der Waals surface area contributed by atoms with Gasteiger partial charge in [-0.3, -0.25) is 0 Å². The van der Waals surface area contributed by atoms with Crippen molar-refractivity contribution in [2.45, 2.75) is 13.3 Å². The Kier molecular flexibility index (Phi) is 5.94. The average molecular weight is 249 g/mol. The predicted molar refractivity (Wildman–Crippen MR) is 72.2 cm³/mol. The summed E-state index contributed by atoms with van der Waals surface area (Å²) >= 11 is 0. The van der Waals surface area contributed by atoms with Gasteiger partial charge in [-0.15, -0.1) is 0 Å². The molecule has 0 atom stereocenters. The molecule has 4 heteroatoms. The van der Waals surface area contributed by atoms with Crippen LogP contribution in [0.2, 0.25) is 0 Å². The van der Waals surface area contributed by atoms with Gasteiger partial charge < -0.3 is 14.8 Å². The highest BCUT2D eigenvalue weighted by molar-refractivity contribution is 6.17. The maximum absolute atomic E-state index is 11.5. The molecule has 98 valence electrons. The maximum Gasteiger partial charge on any atom is 0.337 e. The summed E-state index contributed by atoms with van der Waals surface area (Å²) in [6, 6.07) is 7.43. The molecule has 0 spiro atoms. The highest BCUT2D eigenvalue weighted by Crippen LogP contribution is 2.23. The summed E-state index contributed by atoms with van der Waals surface area (Å²) in [6.07, 6.45) is 0.970. The molecule has 1 aromatic rings. The van der Waals surface area contributed by atoms with Crippen molar-refractivity contribution in [2.75, 3.05) is 25.8 Å². The Morgan fingerprint density at radius 3 is 2.78 bits per heavy atom. The zero-order valence-corrected chi connectivity index (χ0v) is 10.9. The van der Waals surface area contributed by atoms with Crippen LogP contribution in [0.15, 0.2) is 30.8 Å². The van der Waals surface area contributed by atoms with Gasteiger partial charge in [0.2, 0.25) is 0 Å². The fraction of sp³-hybridized carbons (Fsp3) is 0.357. The Labute approximate surface area is 108 Å². The third kappa shape index (κ3) is 3.89. The first kappa shape index (κ1) is 14.3. The molecule has 0 saturated heterocycles. The number of esters is 1. The van der Waals surface area contributed by atoms with Gasteiger partial charge in [0.05, 0.1) is 12.7 Å². The van der Waals surface area contributed by atoms with Crippen LogP contribution >= 0.6 is 0 Å². The van der Waals surface area contributed by atoms with E-state index in [1.54, 1.807) is 0 Å². The maximum atomic E-state index is 11.5. The van der Waals surface area contributed by atoms with E-state index in [4.69, 9.17) is 4.74 Å². The van der Waals surface area contributed by atoms with E-state index in [0.717, 1.165) is 17.7 Å². The van der Waals surface area contributed by atoms with Crippen LogP contribution in [-0.4, -0.2) is 26.4 Å². The van der Waals surface area contributed by atoms with Gasteiger partial charge in [-0.25, -0.2) is 4.79 Å². The molecule has 0 aromatic heterocycles. The second-order valence-corrected chi connectivity index (χ2v) is 3.75. The van der Waals surface area contributed by atoms with Crippen molar-refractivity contribution in [1.82, 2.24) is 0 Å². The van der Waals surface area contributed by atoms with Crippen molar-refractivity contribution in [2.24, 2.45) is 0 Å². The van der Waals surface area contributed by atoms with Gasteiger partial charge in [0, 0.05) is 17.9 Å². The number of para-hydroxylation sites is 1. The molecule has 1 N–H and O–H groups in total. The van der Waals surface area contributed by atoms with Gasteiger partial charge in [0.15, 0.2) is 0 Å². The number of carbonyl (C=O) groups excluding carboxylic acids is 1. The summed E-state index contributed by atoms with van der Waals surface area (Å²) in [5.41, 5.74) is 1.87. The Morgan fingerprint density at radius 1 is 1.39 bits per heavy atom. The van der Waals surface area contributed by atoms with E-state index in [1.807, 2.05) is 31.2 Å². The molecular formula is C14H19NO3. The minimum atomic E-state index is -0.432. The SMILES string of the molecule is C=C(C(=O)OC)c1ccccc1NCOCCC. The summed E-state index contributed by atoms with van der Waals surface area (Å²) in [5, 5.41) is 3.12. The van der Waals surface area contributed by atoms with E-state index in [1.165, 1.54) is 7.11 Å². The minimum Gasteiger partial charge on any atom is -0.465 e. The third-order valence-corrected chi connectivity index (χ3v) is 2.40. The van der Waals surface area contributed by atoms with Crippen LogP contribution in [0.25, 0.3) is 5.57 Å². The number of rotatable bonds is 7. The third-order valence-electron chi connectivity index (χ3n) is 2.40. The first-order valence-corrected chi connectivity index (χ1v) is 5.89. The first-order valence-electron chi connectivity index (χ1n) is 5.89. The second kappa shape index (κ2) is 7.50. The Hall–Kier alpha value is -1.81. The number of ether oxygens (including phenoxy) is 2. The van der Waals surface area contributed by atoms with Crippen LogP contribution in [0.3, 0.4) is 0 Å². The Balaban J connectivity index is 2.73. The summed E-state index contributed by atoms with van der Waals surface area (Å²) in [4.78, 5) is 11.5. The van der Waals surface area contributed by atoms with Gasteiger partial charge in [0.1, 0.15) is 6.73 Å². The number of hydrogen-bond donors (Lipinski definition) is 1. The van der Waals surface area contributed by atoms with Crippen LogP contribution in [0.5, 0.6) is 0 Å². The fourth-order valence-corrected chi connectivity index (χ4v) is 1.48. The molecule has 1 aromatic carbocycles. The zero-order valence-electron chi connectivity index (χ0n) is 10.9. The van der Waals surface area contributed by atoms with Gasteiger partial charge in [-0.05, 0) is 12.5 Å². The summed E-state index contributed by atoms with van der Waals surface area (Å²) in [6.45, 7) is 6.90. The zero-order chi connectivity index (χ0) is 13.4. The molecule has 18 heavy (non-hydrogen) atoms. The lowest BCUT2D eigenvalue weighted by molar-refractivity contribution is -0.133. The molecule has 0 aliphatic heterocycles. The van der Waals surface area contributed by atoms with E-state index >= 15 is 0 Å². The van der Waals surface area contributed by atoms with Crippen LogP contribution in [0, 0.1) is 0 Å². The number of anilines is 1. The summed E-state index contributed by atoms with van der Waals surface area (Å²) < 4.78 is 10.0. The highest BCUT2D eigenvalue weighted by Gasteiger charge is 2.12. The van der Waals surface area contributed by atoms with Crippen molar-refractivity contribution in [1.29, 1.82) is 0 Å². The standard InChI is InChI=1S/C14H19NO3/c1-4-9-18-10-15-13-8-6-5-7-12(13)11(2)14(16)17-3/h5-8,15H,2,4,9-10H2,1,3H3. The number of carbonyl (C=O) groups is 1. The molecule has 0 unspecified atom stereocenters. The Morgan fingerprint density at radius 2 is 2.11 bits per heavy atom. The molecule has 0 saturated carbocycles. The molecule has 0 aliphatic carbocycles. The smallest absolute Gasteiger partial charge is 0.337 e. The lowest BCUT2D eigenvalue weighted by atomic mass is 10.1. The van der Waals surface area contributed by atoms with Crippen molar-refractivity contribution >= 4 is 17.2 Å². The highest BCUT2D eigenvalue weighted by atomic mass is 16.5. The lowest BCUT2D eigenvalue weighted by Crippen LogP contribution is -2.10. The van der Waals surface area contributed by atoms with E-state index in [0.29, 0.717) is 18.9 Å². The number of methoxy groups -OCH3 is 1. The fourth-order valence-electron chi connectivity index (χ4n) is 1.48. The van der Waals surface area contributed by atoms with Crippen molar-refractivity contribution in [3.8, 4) is 0 Å². The van der Waals surface area contributed by atoms with Crippen LogP contribution in [0.1, 0.15) is 18.9 Å². The van der Waals surface area contributed by atoms with Crippen LogP contribution < -0.4 is 5.32 Å². The summed E-state index contributed by atoms with van der Waals surface area (Å²) in [7, 11) is 1.34. The van der Waals surface area contributed by atoms with Gasteiger partial charge in [-0.2, -0.15) is 0 Å². The van der Waals surface area contributed by atoms with Gasteiger partial charge in [-0.1, -0.05) is 31.7 Å². The van der Waals surface area contributed by atoms with Gasteiger partial charge in [0.25, 0.3) is 0 Å². The minimum absolute atomic E-state index is 0.330. The van der Waals surface area contributed by atoms with E-state index in [2.05, 4.69) is 16.6 Å². The van der Waals surface area contributed by atoms with Crippen LogP contribution in [-0.2, 0) is 14.3 Å². The molecule has 0 amide bonds. The first-order chi connectivity index (χ1) is 8.70. The average Bonchev–Trinajstić information content (AvgIpc) is 2.42. The van der Waals surface area contributed by atoms with E-state index in [9.17, 15) is 4.79 Å². The normalized spacial score (nSPS) is 9.89. The number of hydrogen-bond acceptors (Lipinski definition) is 4. The summed E-state index contributed by atoms with van der Waals surface area (Å²) in [5.74, 6) is -0.432. The molecule has 4 nitrogen and oxygen atoms in total. The lowest BCUT2D eigenvalue weighted by Gasteiger charge is -2.12. The second-order valence-electron chi connectivity index (χ2n) is 3.75. The van der Waals surface area contributed by atoms with E-state index < -0.39 is 5.97 Å². The molecule has 0 bridgehead atoms. The monoisotopic (exact) mass is 249 g/mol. The molecule has 0 aliphatic rings. The molecule has 0 radical (unpaired) electrons. The molecule has 1 rings (SSSR count). The van der Waals surface area contributed by atoms with Crippen molar-refractivity contribution in [3.63, 3.8) is 0 Å². The molecular weight excluding hydrogens is 230 g/mol. The predicted octanol–water partition coefficient (Wildman–Crippen LogP) is 2.67.